The van der Waals surface area contributed by atoms with Gasteiger partial charge in [-0.1, -0.05) is 0 Å². The quantitative estimate of drug-likeness (QED) is 0.760. The summed E-state index contributed by atoms with van der Waals surface area (Å²) in [6.07, 6.45) is 2.36. The van der Waals surface area contributed by atoms with E-state index in [-0.39, 0.29) is 5.91 Å². The minimum absolute atomic E-state index is 0.0306. The van der Waals surface area contributed by atoms with Crippen LogP contribution in [0.25, 0.3) is 22.4 Å². The number of amides is 1. The van der Waals surface area contributed by atoms with E-state index in [0.717, 1.165) is 33.7 Å². The summed E-state index contributed by atoms with van der Waals surface area (Å²) in [5, 5.41) is 3.91. The fraction of sp³-hybridized carbons (Fsp3) is 0.235. The van der Waals surface area contributed by atoms with Gasteiger partial charge >= 0.3 is 0 Å². The van der Waals surface area contributed by atoms with E-state index in [4.69, 9.17) is 9.15 Å². The van der Waals surface area contributed by atoms with Crippen LogP contribution in [0.4, 0.5) is 0 Å². The maximum Gasteiger partial charge on any atom is 0.216 e. The molecule has 0 saturated heterocycles. The molecular formula is C17H18N2O3. The van der Waals surface area contributed by atoms with Gasteiger partial charge in [-0.15, -0.1) is 0 Å². The number of rotatable bonds is 5. The third-order valence-electron chi connectivity index (χ3n) is 3.63. The van der Waals surface area contributed by atoms with E-state index in [1.165, 1.54) is 6.92 Å². The maximum atomic E-state index is 11.1. The van der Waals surface area contributed by atoms with Crippen LogP contribution in [0.5, 0.6) is 5.75 Å². The van der Waals surface area contributed by atoms with Crippen molar-refractivity contribution < 1.29 is 13.9 Å². The van der Waals surface area contributed by atoms with Gasteiger partial charge in [0.15, 0.2) is 0 Å². The Bertz CT molecular complexity index is 788. The maximum absolute atomic E-state index is 11.1. The first-order valence-corrected chi connectivity index (χ1v) is 7.16. The van der Waals surface area contributed by atoms with Gasteiger partial charge in [0, 0.05) is 24.4 Å². The van der Waals surface area contributed by atoms with Gasteiger partial charge in [-0.05, 0) is 42.3 Å². The Morgan fingerprint density at radius 2 is 2.23 bits per heavy atom. The highest BCUT2D eigenvalue weighted by Crippen LogP contribution is 2.33. The highest BCUT2D eigenvalue weighted by molar-refractivity contribution is 5.91. The van der Waals surface area contributed by atoms with Crippen molar-refractivity contribution >= 4 is 16.8 Å². The van der Waals surface area contributed by atoms with E-state index in [9.17, 15) is 4.79 Å². The molecule has 3 rings (SSSR count). The Balaban J connectivity index is 2.06. The van der Waals surface area contributed by atoms with Crippen molar-refractivity contribution in [3.63, 3.8) is 0 Å². The molecule has 2 N–H and O–H groups in total. The Hall–Kier alpha value is -2.69. The molecule has 0 spiro atoms. The number of carbonyl (C=O) groups excluding carboxylic acids is 1. The Kier molecular flexibility index (Phi) is 3.87. The van der Waals surface area contributed by atoms with Crippen LogP contribution in [-0.2, 0) is 11.2 Å². The molecule has 1 aromatic carbocycles. The van der Waals surface area contributed by atoms with Gasteiger partial charge in [0.05, 0.1) is 19.1 Å². The lowest BCUT2D eigenvalue weighted by Gasteiger charge is -2.05. The molecule has 2 heterocycles. The van der Waals surface area contributed by atoms with Crippen molar-refractivity contribution in [1.29, 1.82) is 0 Å². The lowest BCUT2D eigenvalue weighted by molar-refractivity contribution is -0.118. The second-order valence-corrected chi connectivity index (χ2v) is 5.10. The monoisotopic (exact) mass is 298 g/mol. The van der Waals surface area contributed by atoms with Gasteiger partial charge in [0.1, 0.15) is 11.5 Å². The summed E-state index contributed by atoms with van der Waals surface area (Å²) in [5.74, 6) is 1.56. The van der Waals surface area contributed by atoms with Crippen molar-refractivity contribution in [1.82, 2.24) is 10.3 Å². The number of benzene rings is 1. The van der Waals surface area contributed by atoms with Crippen LogP contribution in [-0.4, -0.2) is 24.5 Å². The van der Waals surface area contributed by atoms with Crippen molar-refractivity contribution in [2.24, 2.45) is 0 Å². The summed E-state index contributed by atoms with van der Waals surface area (Å²) < 4.78 is 10.8. The first-order valence-electron chi connectivity index (χ1n) is 7.16. The topological polar surface area (TPSA) is 67.3 Å². The number of hydrogen-bond acceptors (Lipinski definition) is 3. The summed E-state index contributed by atoms with van der Waals surface area (Å²) in [6, 6.07) is 9.69. The van der Waals surface area contributed by atoms with Gasteiger partial charge in [0.2, 0.25) is 5.91 Å². The number of nitrogens with one attached hydrogen (secondary N) is 2. The van der Waals surface area contributed by atoms with Crippen molar-refractivity contribution in [3.05, 3.63) is 42.2 Å². The first-order chi connectivity index (χ1) is 10.7. The van der Waals surface area contributed by atoms with Crippen LogP contribution in [0.1, 0.15) is 12.5 Å². The number of furan rings is 1. The molecule has 0 saturated carbocycles. The summed E-state index contributed by atoms with van der Waals surface area (Å²) in [5.41, 5.74) is 3.07. The van der Waals surface area contributed by atoms with E-state index in [0.29, 0.717) is 13.0 Å². The molecule has 0 aliphatic heterocycles. The van der Waals surface area contributed by atoms with E-state index in [2.05, 4.69) is 10.3 Å². The molecular weight excluding hydrogens is 280 g/mol. The van der Waals surface area contributed by atoms with Gasteiger partial charge in [-0.3, -0.25) is 4.79 Å². The van der Waals surface area contributed by atoms with Gasteiger partial charge in [0.25, 0.3) is 0 Å². The highest BCUT2D eigenvalue weighted by Gasteiger charge is 2.15. The predicted molar refractivity (Wildman–Crippen MR) is 84.9 cm³/mol. The van der Waals surface area contributed by atoms with Crippen LogP contribution < -0.4 is 10.1 Å². The number of H-pyrrole nitrogens is 1. The zero-order chi connectivity index (χ0) is 15.5. The summed E-state index contributed by atoms with van der Waals surface area (Å²) >= 11 is 0. The number of hydrogen-bond donors (Lipinski definition) is 2. The SMILES string of the molecule is COc1ccc2[nH]c(-c3ccco3)c(CCNC(C)=O)c2c1. The molecule has 114 valence electrons. The summed E-state index contributed by atoms with van der Waals surface area (Å²) in [6.45, 7) is 2.10. The fourth-order valence-corrected chi connectivity index (χ4v) is 2.61. The number of fused-ring (bicyclic) bond motifs is 1. The molecule has 2 aromatic heterocycles. The zero-order valence-corrected chi connectivity index (χ0v) is 12.6. The van der Waals surface area contributed by atoms with Gasteiger partial charge in [-0.2, -0.15) is 0 Å². The Labute approximate surface area is 128 Å². The molecule has 0 fully saturated rings. The third-order valence-corrected chi connectivity index (χ3v) is 3.63. The highest BCUT2D eigenvalue weighted by atomic mass is 16.5. The molecule has 1 amide bonds. The van der Waals surface area contributed by atoms with E-state index < -0.39 is 0 Å². The number of methoxy groups -OCH3 is 1. The lowest BCUT2D eigenvalue weighted by atomic mass is 10.1. The molecule has 0 aliphatic carbocycles. The Morgan fingerprint density at radius 1 is 1.36 bits per heavy atom. The van der Waals surface area contributed by atoms with Crippen LogP contribution in [0.3, 0.4) is 0 Å². The molecule has 5 nitrogen and oxygen atoms in total. The minimum atomic E-state index is -0.0306. The molecule has 0 aliphatic rings. The van der Waals surface area contributed by atoms with Crippen LogP contribution in [0.15, 0.2) is 41.0 Å². The average Bonchev–Trinajstić information content (AvgIpc) is 3.14. The van der Waals surface area contributed by atoms with Gasteiger partial charge in [-0.25, -0.2) is 0 Å². The number of aromatic amines is 1. The number of ether oxygens (including phenoxy) is 1. The molecule has 0 unspecified atom stereocenters. The van der Waals surface area contributed by atoms with Crippen molar-refractivity contribution in [2.75, 3.05) is 13.7 Å². The molecule has 3 aromatic rings. The van der Waals surface area contributed by atoms with Gasteiger partial charge < -0.3 is 19.5 Å². The van der Waals surface area contributed by atoms with Crippen molar-refractivity contribution in [2.45, 2.75) is 13.3 Å². The van der Waals surface area contributed by atoms with Crippen LogP contribution in [0.2, 0.25) is 0 Å². The molecule has 5 heteroatoms. The molecule has 22 heavy (non-hydrogen) atoms. The average molecular weight is 298 g/mol. The zero-order valence-electron chi connectivity index (χ0n) is 12.6. The number of aromatic nitrogens is 1. The van der Waals surface area contributed by atoms with E-state index >= 15 is 0 Å². The van der Waals surface area contributed by atoms with Crippen LogP contribution in [0, 0.1) is 0 Å². The smallest absolute Gasteiger partial charge is 0.216 e. The second kappa shape index (κ2) is 5.97. The standard InChI is InChI=1S/C17H18N2O3/c1-11(20)18-8-7-13-14-10-12(21-2)5-6-15(14)19-17(13)16-4-3-9-22-16/h3-6,9-10,19H,7-8H2,1-2H3,(H,18,20). The van der Waals surface area contributed by atoms with Crippen molar-refractivity contribution in [3.8, 4) is 17.2 Å². The van der Waals surface area contributed by atoms with E-state index in [1.54, 1.807) is 13.4 Å². The third kappa shape index (κ3) is 2.70. The summed E-state index contributed by atoms with van der Waals surface area (Å²) in [7, 11) is 1.65. The minimum Gasteiger partial charge on any atom is -0.497 e. The second-order valence-electron chi connectivity index (χ2n) is 5.10. The molecule has 0 radical (unpaired) electrons. The van der Waals surface area contributed by atoms with E-state index in [1.807, 2.05) is 30.3 Å². The largest absolute Gasteiger partial charge is 0.497 e. The Morgan fingerprint density at radius 3 is 2.91 bits per heavy atom. The predicted octanol–water partition coefficient (Wildman–Crippen LogP) is 3.12. The lowest BCUT2D eigenvalue weighted by Crippen LogP contribution is -2.22. The first kappa shape index (κ1) is 14.3. The molecule has 0 atom stereocenters. The normalized spacial score (nSPS) is 10.8. The number of carbonyl (C=O) groups is 1. The fourth-order valence-electron chi connectivity index (χ4n) is 2.61. The van der Waals surface area contributed by atoms with Crippen LogP contribution >= 0.6 is 0 Å². The summed E-state index contributed by atoms with van der Waals surface area (Å²) in [4.78, 5) is 14.5. The molecule has 0 bridgehead atoms.